The zero-order valence-corrected chi connectivity index (χ0v) is 8.36. The van der Waals surface area contributed by atoms with Crippen LogP contribution < -0.4 is 5.14 Å². The van der Waals surface area contributed by atoms with Crippen molar-refractivity contribution in [2.24, 2.45) is 11.1 Å². The molecule has 0 unspecified atom stereocenters. The molecule has 1 rings (SSSR count). The lowest BCUT2D eigenvalue weighted by Gasteiger charge is -2.20. The summed E-state index contributed by atoms with van der Waals surface area (Å²) >= 11 is 0. The van der Waals surface area contributed by atoms with Crippen molar-refractivity contribution in [1.82, 2.24) is 0 Å². The van der Waals surface area contributed by atoms with Crippen molar-refractivity contribution in [1.29, 1.82) is 0 Å². The molecule has 2 N–H and O–H groups in total. The second-order valence-corrected chi connectivity index (χ2v) is 4.54. The molecule has 6 heteroatoms. The van der Waals surface area contributed by atoms with E-state index in [4.69, 9.17) is 9.88 Å². The van der Waals surface area contributed by atoms with Crippen molar-refractivity contribution < 1.29 is 13.2 Å². The summed E-state index contributed by atoms with van der Waals surface area (Å²) in [6, 6.07) is 0. The van der Waals surface area contributed by atoms with Gasteiger partial charge in [-0.15, -0.1) is 12.4 Å². The van der Waals surface area contributed by atoms with E-state index in [1.165, 1.54) is 0 Å². The lowest BCUT2D eigenvalue weighted by molar-refractivity contribution is 0.0723. The van der Waals surface area contributed by atoms with Crippen LogP contribution in [0.15, 0.2) is 0 Å². The first-order valence-electron chi connectivity index (χ1n) is 3.66. The maximum Gasteiger partial charge on any atom is 0.209 e. The van der Waals surface area contributed by atoms with Crippen LogP contribution in [0.1, 0.15) is 12.8 Å². The van der Waals surface area contributed by atoms with Crippen LogP contribution in [0.3, 0.4) is 0 Å². The molecule has 0 saturated carbocycles. The predicted molar refractivity (Wildman–Crippen MR) is 48.8 cm³/mol. The standard InChI is InChI=1S/C6H13NO3S.ClH/c7-11(8,9)5-6-1-3-10-4-2-6;/h6H,1-5H2,(H2,7,8,9);1H. The highest BCUT2D eigenvalue weighted by atomic mass is 35.5. The number of hydrogen-bond acceptors (Lipinski definition) is 3. The molecule has 1 saturated heterocycles. The first-order valence-corrected chi connectivity index (χ1v) is 5.38. The topological polar surface area (TPSA) is 69.4 Å². The predicted octanol–water partition coefficient (Wildman–Crippen LogP) is 0.123. The minimum absolute atomic E-state index is 0. The molecular formula is C6H14ClNO3S. The number of primary sulfonamides is 1. The first kappa shape index (κ1) is 12.2. The third-order valence-corrected chi connectivity index (χ3v) is 2.74. The minimum atomic E-state index is -3.28. The largest absolute Gasteiger partial charge is 0.381 e. The Labute approximate surface area is 78.9 Å². The highest BCUT2D eigenvalue weighted by Crippen LogP contribution is 2.15. The van der Waals surface area contributed by atoms with Crippen molar-refractivity contribution >= 4 is 22.4 Å². The van der Waals surface area contributed by atoms with Gasteiger partial charge in [-0.25, -0.2) is 13.6 Å². The van der Waals surface area contributed by atoms with Crippen molar-refractivity contribution in [2.75, 3.05) is 19.0 Å². The molecule has 0 bridgehead atoms. The molecule has 0 aromatic rings. The van der Waals surface area contributed by atoms with Crippen LogP contribution in [0.25, 0.3) is 0 Å². The molecule has 0 atom stereocenters. The molecule has 0 amide bonds. The SMILES string of the molecule is Cl.NS(=O)(=O)CC1CCOCC1. The molecule has 0 radical (unpaired) electrons. The van der Waals surface area contributed by atoms with Crippen LogP contribution >= 0.6 is 12.4 Å². The van der Waals surface area contributed by atoms with E-state index < -0.39 is 10.0 Å². The number of hydrogen-bond donors (Lipinski definition) is 1. The van der Waals surface area contributed by atoms with E-state index in [0.29, 0.717) is 13.2 Å². The average Bonchev–Trinajstić information content (AvgIpc) is 1.85. The molecule has 4 nitrogen and oxygen atoms in total. The van der Waals surface area contributed by atoms with Gasteiger partial charge in [-0.3, -0.25) is 0 Å². The fraction of sp³-hybridized carbons (Fsp3) is 1.00. The lowest BCUT2D eigenvalue weighted by atomic mass is 10.0. The van der Waals surface area contributed by atoms with Crippen LogP contribution in [0.2, 0.25) is 0 Å². The fourth-order valence-electron chi connectivity index (χ4n) is 1.24. The zero-order valence-electron chi connectivity index (χ0n) is 6.73. The van der Waals surface area contributed by atoms with Crippen LogP contribution in [-0.4, -0.2) is 27.4 Å². The maximum absolute atomic E-state index is 10.6. The van der Waals surface area contributed by atoms with Gasteiger partial charge in [0, 0.05) is 13.2 Å². The average molecular weight is 216 g/mol. The molecule has 1 fully saturated rings. The van der Waals surface area contributed by atoms with Gasteiger partial charge in [-0.05, 0) is 18.8 Å². The normalized spacial score (nSPS) is 20.1. The second kappa shape index (κ2) is 5.01. The summed E-state index contributed by atoms with van der Waals surface area (Å²) in [4.78, 5) is 0. The van der Waals surface area contributed by atoms with Crippen molar-refractivity contribution in [3.05, 3.63) is 0 Å². The number of ether oxygens (including phenoxy) is 1. The molecule has 1 heterocycles. The number of rotatable bonds is 2. The van der Waals surface area contributed by atoms with E-state index in [1.54, 1.807) is 0 Å². The fourth-order valence-corrected chi connectivity index (χ4v) is 2.23. The van der Waals surface area contributed by atoms with Gasteiger partial charge < -0.3 is 4.74 Å². The Hall–Kier alpha value is 0.160. The molecular weight excluding hydrogens is 202 g/mol. The van der Waals surface area contributed by atoms with E-state index in [2.05, 4.69) is 0 Å². The summed E-state index contributed by atoms with van der Waals surface area (Å²) < 4.78 is 26.4. The summed E-state index contributed by atoms with van der Waals surface area (Å²) in [6.45, 7) is 1.33. The van der Waals surface area contributed by atoms with Gasteiger partial charge >= 0.3 is 0 Å². The lowest BCUT2D eigenvalue weighted by Crippen LogP contribution is -2.27. The van der Waals surface area contributed by atoms with Crippen molar-refractivity contribution in [3.8, 4) is 0 Å². The van der Waals surface area contributed by atoms with E-state index in [-0.39, 0.29) is 24.1 Å². The van der Waals surface area contributed by atoms with Gasteiger partial charge in [0.15, 0.2) is 0 Å². The second-order valence-electron chi connectivity index (χ2n) is 2.89. The maximum atomic E-state index is 10.6. The number of halogens is 1. The van der Waals surface area contributed by atoms with E-state index in [1.807, 2.05) is 0 Å². The molecule has 0 aromatic heterocycles. The summed E-state index contributed by atoms with van der Waals surface area (Å²) in [5, 5.41) is 4.90. The van der Waals surface area contributed by atoms with Gasteiger partial charge in [0.25, 0.3) is 0 Å². The van der Waals surface area contributed by atoms with E-state index in [9.17, 15) is 8.42 Å². The molecule has 0 aromatic carbocycles. The molecule has 74 valence electrons. The van der Waals surface area contributed by atoms with Gasteiger partial charge in [0.05, 0.1) is 5.75 Å². The molecule has 12 heavy (non-hydrogen) atoms. The highest BCUT2D eigenvalue weighted by molar-refractivity contribution is 7.89. The smallest absolute Gasteiger partial charge is 0.209 e. The summed E-state index contributed by atoms with van der Waals surface area (Å²) in [5.41, 5.74) is 0. The van der Waals surface area contributed by atoms with Gasteiger partial charge in [-0.1, -0.05) is 0 Å². The molecule has 0 spiro atoms. The van der Waals surface area contributed by atoms with Crippen molar-refractivity contribution in [3.63, 3.8) is 0 Å². The summed E-state index contributed by atoms with van der Waals surface area (Å²) in [7, 11) is -3.28. The monoisotopic (exact) mass is 215 g/mol. The van der Waals surface area contributed by atoms with Gasteiger partial charge in [-0.2, -0.15) is 0 Å². The summed E-state index contributed by atoms with van der Waals surface area (Å²) in [6.07, 6.45) is 1.63. The van der Waals surface area contributed by atoms with E-state index in [0.717, 1.165) is 12.8 Å². The third kappa shape index (κ3) is 4.92. The van der Waals surface area contributed by atoms with Crippen LogP contribution in [0.4, 0.5) is 0 Å². The third-order valence-electron chi connectivity index (χ3n) is 1.81. The summed E-state index contributed by atoms with van der Waals surface area (Å²) in [5.74, 6) is 0.315. The van der Waals surface area contributed by atoms with Crippen LogP contribution in [0.5, 0.6) is 0 Å². The Morgan fingerprint density at radius 2 is 1.83 bits per heavy atom. The Morgan fingerprint density at radius 1 is 1.33 bits per heavy atom. The minimum Gasteiger partial charge on any atom is -0.381 e. The molecule has 0 aliphatic carbocycles. The van der Waals surface area contributed by atoms with Gasteiger partial charge in [0.2, 0.25) is 10.0 Å². The number of sulfonamides is 1. The Balaban J connectivity index is 0.00000121. The van der Waals surface area contributed by atoms with Crippen LogP contribution in [-0.2, 0) is 14.8 Å². The van der Waals surface area contributed by atoms with E-state index >= 15 is 0 Å². The number of nitrogens with two attached hydrogens (primary N) is 1. The molecule has 1 aliphatic heterocycles. The zero-order chi connectivity index (χ0) is 8.32. The quantitative estimate of drug-likeness (QED) is 0.712. The Morgan fingerprint density at radius 3 is 2.25 bits per heavy atom. The first-order chi connectivity index (χ1) is 5.08. The highest BCUT2D eigenvalue weighted by Gasteiger charge is 2.18. The van der Waals surface area contributed by atoms with Crippen LogP contribution in [0, 0.1) is 5.92 Å². The molecule has 1 aliphatic rings. The van der Waals surface area contributed by atoms with Crippen molar-refractivity contribution in [2.45, 2.75) is 12.8 Å². The Bertz CT molecular complexity index is 211. The van der Waals surface area contributed by atoms with Gasteiger partial charge in [0.1, 0.15) is 0 Å². The Kier molecular flexibility index (Phi) is 5.08.